The molecule has 26 heavy (non-hydrogen) atoms. The first-order valence-electron chi connectivity index (χ1n) is 8.54. The van der Waals surface area contributed by atoms with Crippen molar-refractivity contribution in [1.82, 2.24) is 9.88 Å². The first-order valence-corrected chi connectivity index (χ1v) is 8.54. The molecule has 2 aromatic carbocycles. The maximum Gasteiger partial charge on any atom is 0.270 e. The molecule has 0 atom stereocenters. The summed E-state index contributed by atoms with van der Waals surface area (Å²) in [7, 11) is 1.78. The van der Waals surface area contributed by atoms with Gasteiger partial charge >= 0.3 is 0 Å². The van der Waals surface area contributed by atoms with Gasteiger partial charge in [-0.15, -0.1) is 0 Å². The first kappa shape index (κ1) is 16.3. The molecule has 6 heteroatoms. The Kier molecular flexibility index (Phi) is 4.16. The van der Waals surface area contributed by atoms with Crippen LogP contribution < -0.4 is 14.2 Å². The summed E-state index contributed by atoms with van der Waals surface area (Å²) in [6.45, 7) is 3.24. The molecular weight excluding hydrogens is 332 g/mol. The zero-order chi connectivity index (χ0) is 18.1. The Bertz CT molecular complexity index is 964. The van der Waals surface area contributed by atoms with E-state index in [9.17, 15) is 4.79 Å². The lowest BCUT2D eigenvalue weighted by molar-refractivity contribution is 0.0780. The summed E-state index contributed by atoms with van der Waals surface area (Å²) in [6, 6.07) is 13.3. The second-order valence-corrected chi connectivity index (χ2v) is 6.18. The minimum Gasteiger partial charge on any atom is -0.493 e. The van der Waals surface area contributed by atoms with Crippen LogP contribution in [0.5, 0.6) is 17.2 Å². The molecule has 0 saturated heterocycles. The average molecular weight is 352 g/mol. The number of hydrogen-bond donors (Lipinski definition) is 1. The highest BCUT2D eigenvalue weighted by Gasteiger charge is 2.18. The lowest BCUT2D eigenvalue weighted by atomic mass is 10.2. The standard InChI is InChI=1S/C20H20N2O4/c1-3-24-17-6-4-5-15-14(17)10-16(21-15)20(23)22(2)11-13-7-8-18-19(9-13)26-12-25-18/h4-10,21H,3,11-12H2,1-2H3. The Morgan fingerprint density at radius 1 is 1.19 bits per heavy atom. The van der Waals surface area contributed by atoms with Crippen LogP contribution in [0.1, 0.15) is 23.0 Å². The van der Waals surface area contributed by atoms with Gasteiger partial charge in [-0.25, -0.2) is 0 Å². The third-order valence-electron chi connectivity index (χ3n) is 4.36. The molecule has 2 heterocycles. The molecule has 1 aliphatic rings. The number of benzene rings is 2. The number of ether oxygens (including phenoxy) is 3. The van der Waals surface area contributed by atoms with Gasteiger partial charge in [0.25, 0.3) is 5.91 Å². The highest BCUT2D eigenvalue weighted by atomic mass is 16.7. The maximum absolute atomic E-state index is 12.8. The molecule has 1 amide bonds. The van der Waals surface area contributed by atoms with E-state index in [-0.39, 0.29) is 12.7 Å². The van der Waals surface area contributed by atoms with Gasteiger partial charge < -0.3 is 24.1 Å². The topological polar surface area (TPSA) is 63.8 Å². The number of aromatic nitrogens is 1. The molecule has 3 aromatic rings. The largest absolute Gasteiger partial charge is 0.493 e. The number of rotatable bonds is 5. The van der Waals surface area contributed by atoms with Crippen molar-refractivity contribution in [3.63, 3.8) is 0 Å². The molecule has 0 spiro atoms. The van der Waals surface area contributed by atoms with Gasteiger partial charge in [0.05, 0.1) is 6.61 Å². The van der Waals surface area contributed by atoms with Crippen molar-refractivity contribution in [3.05, 3.63) is 53.7 Å². The second kappa shape index (κ2) is 6.63. The van der Waals surface area contributed by atoms with Crippen molar-refractivity contribution in [3.8, 4) is 17.2 Å². The van der Waals surface area contributed by atoms with Crippen LogP contribution in [0.25, 0.3) is 10.9 Å². The summed E-state index contributed by atoms with van der Waals surface area (Å²) in [5, 5.41) is 0.911. The fourth-order valence-corrected chi connectivity index (χ4v) is 3.11. The predicted molar refractivity (Wildman–Crippen MR) is 97.8 cm³/mol. The monoisotopic (exact) mass is 352 g/mol. The number of aromatic amines is 1. The number of fused-ring (bicyclic) bond motifs is 2. The van der Waals surface area contributed by atoms with E-state index in [1.807, 2.05) is 49.4 Å². The number of H-pyrrole nitrogens is 1. The number of hydrogen-bond acceptors (Lipinski definition) is 4. The number of nitrogens with one attached hydrogen (secondary N) is 1. The molecule has 0 aliphatic carbocycles. The SMILES string of the molecule is CCOc1cccc2[nH]c(C(=O)N(C)Cc3ccc4c(c3)OCO4)cc12. The van der Waals surface area contributed by atoms with Crippen LogP contribution in [0.3, 0.4) is 0 Å². The van der Waals surface area contributed by atoms with Crippen molar-refractivity contribution >= 4 is 16.8 Å². The quantitative estimate of drug-likeness (QED) is 0.762. The Morgan fingerprint density at radius 2 is 2.04 bits per heavy atom. The minimum atomic E-state index is -0.0821. The van der Waals surface area contributed by atoms with Gasteiger partial charge in [0, 0.05) is 24.5 Å². The molecule has 4 rings (SSSR count). The van der Waals surface area contributed by atoms with E-state index in [4.69, 9.17) is 14.2 Å². The molecule has 0 unspecified atom stereocenters. The Morgan fingerprint density at radius 3 is 2.88 bits per heavy atom. The third-order valence-corrected chi connectivity index (χ3v) is 4.36. The van der Waals surface area contributed by atoms with Gasteiger partial charge in [0.2, 0.25) is 6.79 Å². The van der Waals surface area contributed by atoms with Crippen LogP contribution in [0.15, 0.2) is 42.5 Å². The number of carbonyl (C=O) groups excluding carboxylic acids is 1. The summed E-state index contributed by atoms with van der Waals surface area (Å²) in [5.74, 6) is 2.15. The lowest BCUT2D eigenvalue weighted by Crippen LogP contribution is -2.26. The van der Waals surface area contributed by atoms with E-state index >= 15 is 0 Å². The number of amides is 1. The molecule has 0 fully saturated rings. The van der Waals surface area contributed by atoms with Gasteiger partial charge in [-0.2, -0.15) is 0 Å². The Balaban J connectivity index is 1.55. The van der Waals surface area contributed by atoms with Crippen LogP contribution in [-0.4, -0.2) is 36.2 Å². The molecule has 0 radical (unpaired) electrons. The van der Waals surface area contributed by atoms with Crippen LogP contribution >= 0.6 is 0 Å². The molecular formula is C20H20N2O4. The zero-order valence-electron chi connectivity index (χ0n) is 14.7. The summed E-state index contributed by atoms with van der Waals surface area (Å²) in [5.41, 5.74) is 2.40. The van der Waals surface area contributed by atoms with Crippen LogP contribution in [0.2, 0.25) is 0 Å². The molecule has 1 N–H and O–H groups in total. The maximum atomic E-state index is 12.8. The van der Waals surface area contributed by atoms with Gasteiger partial charge in [-0.3, -0.25) is 4.79 Å². The van der Waals surface area contributed by atoms with E-state index in [1.165, 1.54) is 0 Å². The van der Waals surface area contributed by atoms with Crippen LogP contribution in [-0.2, 0) is 6.54 Å². The van der Waals surface area contributed by atoms with E-state index < -0.39 is 0 Å². The summed E-state index contributed by atoms with van der Waals surface area (Å²) in [4.78, 5) is 17.7. The van der Waals surface area contributed by atoms with Gasteiger partial charge in [-0.1, -0.05) is 12.1 Å². The van der Waals surface area contributed by atoms with E-state index in [0.717, 1.165) is 33.7 Å². The second-order valence-electron chi connectivity index (χ2n) is 6.18. The van der Waals surface area contributed by atoms with Gasteiger partial charge in [0.1, 0.15) is 11.4 Å². The van der Waals surface area contributed by atoms with Gasteiger partial charge in [-0.05, 0) is 42.8 Å². The fourth-order valence-electron chi connectivity index (χ4n) is 3.11. The summed E-state index contributed by atoms with van der Waals surface area (Å²) in [6.07, 6.45) is 0. The van der Waals surface area contributed by atoms with Crippen LogP contribution in [0, 0.1) is 0 Å². The Hall–Kier alpha value is -3.15. The van der Waals surface area contributed by atoms with Crippen molar-refractivity contribution in [2.45, 2.75) is 13.5 Å². The van der Waals surface area contributed by atoms with E-state index in [0.29, 0.717) is 18.8 Å². The zero-order valence-corrected chi connectivity index (χ0v) is 14.7. The molecule has 1 aromatic heterocycles. The Labute approximate surface area is 151 Å². The smallest absolute Gasteiger partial charge is 0.270 e. The van der Waals surface area contributed by atoms with Crippen molar-refractivity contribution in [1.29, 1.82) is 0 Å². The molecule has 0 saturated carbocycles. The molecule has 1 aliphatic heterocycles. The molecule has 6 nitrogen and oxygen atoms in total. The molecule has 0 bridgehead atoms. The van der Waals surface area contributed by atoms with E-state index in [2.05, 4.69) is 4.98 Å². The summed E-state index contributed by atoms with van der Waals surface area (Å²) < 4.78 is 16.4. The first-order chi connectivity index (χ1) is 12.7. The normalized spacial score (nSPS) is 12.4. The highest BCUT2D eigenvalue weighted by Crippen LogP contribution is 2.33. The molecule has 134 valence electrons. The van der Waals surface area contributed by atoms with E-state index in [1.54, 1.807) is 11.9 Å². The van der Waals surface area contributed by atoms with Crippen molar-refractivity contribution in [2.75, 3.05) is 20.4 Å². The minimum absolute atomic E-state index is 0.0821. The van der Waals surface area contributed by atoms with Gasteiger partial charge in [0.15, 0.2) is 11.5 Å². The number of nitrogens with zero attached hydrogens (tertiary/aromatic N) is 1. The lowest BCUT2D eigenvalue weighted by Gasteiger charge is -2.16. The van der Waals surface area contributed by atoms with Crippen molar-refractivity contribution in [2.24, 2.45) is 0 Å². The van der Waals surface area contributed by atoms with Crippen LogP contribution in [0.4, 0.5) is 0 Å². The average Bonchev–Trinajstić information content (AvgIpc) is 3.28. The van der Waals surface area contributed by atoms with Crippen molar-refractivity contribution < 1.29 is 19.0 Å². The summed E-state index contributed by atoms with van der Waals surface area (Å²) >= 11 is 0. The predicted octanol–water partition coefficient (Wildman–Crippen LogP) is 3.57. The number of carbonyl (C=O) groups is 1. The fraction of sp³-hybridized carbons (Fsp3) is 0.250. The third kappa shape index (κ3) is 2.94. The highest BCUT2D eigenvalue weighted by molar-refractivity contribution is 5.99.